The molecule has 3 aliphatic rings. The molecule has 31 heavy (non-hydrogen) atoms. The molecule has 1 aromatic carbocycles. The van der Waals surface area contributed by atoms with Crippen molar-refractivity contribution < 1.29 is 9.53 Å². The molecule has 172 valence electrons. The van der Waals surface area contributed by atoms with Crippen LogP contribution in [0.25, 0.3) is 0 Å². The standard InChI is InChI=1S/C24H36N4O2.HI/c1-25-23(26-16-13-22(29)27-18-9-3-2-4-10-18)28-20-17-24(14-7-8-15-24)30-21-12-6-5-11-19(20)21;/h5-6,11-12,18,20H,2-4,7-10,13-17H2,1H3,(H,27,29)(H2,25,26,28);1H. The molecular weight excluding hydrogens is 503 g/mol. The Balaban J connectivity index is 0.00000272. The fraction of sp³-hybridized carbons (Fsp3) is 0.667. The number of nitrogens with zero attached hydrogens (tertiary/aromatic N) is 1. The summed E-state index contributed by atoms with van der Waals surface area (Å²) in [6.07, 6.45) is 12.1. The van der Waals surface area contributed by atoms with Crippen molar-refractivity contribution in [3.8, 4) is 5.75 Å². The van der Waals surface area contributed by atoms with E-state index in [2.05, 4.69) is 39.1 Å². The van der Waals surface area contributed by atoms with Crippen LogP contribution >= 0.6 is 24.0 Å². The van der Waals surface area contributed by atoms with Crippen LogP contribution in [0, 0.1) is 0 Å². The Morgan fingerprint density at radius 1 is 1.10 bits per heavy atom. The monoisotopic (exact) mass is 540 g/mol. The Kier molecular flexibility index (Phi) is 8.86. The van der Waals surface area contributed by atoms with Gasteiger partial charge in [-0.3, -0.25) is 9.79 Å². The Labute approximate surface area is 203 Å². The van der Waals surface area contributed by atoms with Crippen molar-refractivity contribution in [3.05, 3.63) is 29.8 Å². The van der Waals surface area contributed by atoms with Gasteiger partial charge in [0.1, 0.15) is 11.4 Å². The van der Waals surface area contributed by atoms with Gasteiger partial charge in [0, 0.05) is 38.0 Å². The Bertz CT molecular complexity index is 758. The number of guanidine groups is 1. The summed E-state index contributed by atoms with van der Waals surface area (Å²) in [6.45, 7) is 0.578. The number of carbonyl (C=O) groups is 1. The lowest BCUT2D eigenvalue weighted by Crippen LogP contribution is -2.47. The number of ether oxygens (including phenoxy) is 1. The molecule has 6 nitrogen and oxygen atoms in total. The fourth-order valence-electron chi connectivity index (χ4n) is 5.27. The maximum Gasteiger partial charge on any atom is 0.221 e. The molecule has 2 aliphatic carbocycles. The van der Waals surface area contributed by atoms with Crippen LogP contribution in [0.3, 0.4) is 0 Å². The maximum atomic E-state index is 12.3. The lowest BCUT2D eigenvalue weighted by Gasteiger charge is -2.40. The van der Waals surface area contributed by atoms with Crippen molar-refractivity contribution in [2.45, 2.75) is 88.3 Å². The summed E-state index contributed by atoms with van der Waals surface area (Å²) >= 11 is 0. The summed E-state index contributed by atoms with van der Waals surface area (Å²) in [4.78, 5) is 16.7. The molecular formula is C24H37IN4O2. The largest absolute Gasteiger partial charge is 0.487 e. The zero-order valence-corrected chi connectivity index (χ0v) is 21.0. The number of fused-ring (bicyclic) bond motifs is 1. The molecule has 0 aromatic heterocycles. The SMILES string of the molecule is CN=C(NCCC(=O)NC1CCCCC1)NC1CC2(CCCC2)Oc2ccccc21.I. The average Bonchev–Trinajstić information content (AvgIpc) is 3.20. The predicted octanol–water partition coefficient (Wildman–Crippen LogP) is 4.45. The van der Waals surface area contributed by atoms with Crippen LogP contribution in [0.15, 0.2) is 29.3 Å². The van der Waals surface area contributed by atoms with Crippen LogP contribution in [0.4, 0.5) is 0 Å². The number of hydrogen-bond donors (Lipinski definition) is 3. The van der Waals surface area contributed by atoms with Crippen molar-refractivity contribution in [3.63, 3.8) is 0 Å². The summed E-state index contributed by atoms with van der Waals surface area (Å²) in [7, 11) is 1.79. The van der Waals surface area contributed by atoms with E-state index in [1.165, 1.54) is 37.7 Å². The molecule has 0 radical (unpaired) electrons. The molecule has 7 heteroatoms. The van der Waals surface area contributed by atoms with Crippen LogP contribution < -0.4 is 20.7 Å². The van der Waals surface area contributed by atoms with Gasteiger partial charge in [-0.15, -0.1) is 24.0 Å². The Morgan fingerprint density at radius 3 is 2.58 bits per heavy atom. The van der Waals surface area contributed by atoms with Gasteiger partial charge < -0.3 is 20.7 Å². The van der Waals surface area contributed by atoms with E-state index in [0.29, 0.717) is 19.0 Å². The molecule has 1 aromatic rings. The van der Waals surface area contributed by atoms with E-state index in [1.54, 1.807) is 7.05 Å². The first-order chi connectivity index (χ1) is 14.7. The molecule has 0 bridgehead atoms. The van der Waals surface area contributed by atoms with Crippen molar-refractivity contribution >= 4 is 35.8 Å². The molecule has 2 saturated carbocycles. The second kappa shape index (κ2) is 11.4. The highest BCUT2D eigenvalue weighted by atomic mass is 127. The molecule has 4 rings (SSSR count). The quantitative estimate of drug-likeness (QED) is 0.293. The van der Waals surface area contributed by atoms with Crippen molar-refractivity contribution in [2.24, 2.45) is 4.99 Å². The molecule has 2 fully saturated rings. The minimum Gasteiger partial charge on any atom is -0.487 e. The van der Waals surface area contributed by atoms with E-state index < -0.39 is 0 Å². The number of rotatable bonds is 5. The fourth-order valence-corrected chi connectivity index (χ4v) is 5.27. The number of carbonyl (C=O) groups excluding carboxylic acids is 1. The first-order valence-corrected chi connectivity index (χ1v) is 11.7. The van der Waals surface area contributed by atoms with Crippen molar-refractivity contribution in [1.82, 2.24) is 16.0 Å². The third kappa shape index (κ3) is 6.26. The number of nitrogens with one attached hydrogen (secondary N) is 3. The minimum atomic E-state index is -0.0508. The lowest BCUT2D eigenvalue weighted by atomic mass is 9.86. The topological polar surface area (TPSA) is 74.8 Å². The van der Waals surface area contributed by atoms with Gasteiger partial charge in [-0.05, 0) is 44.6 Å². The zero-order chi connectivity index (χ0) is 20.8. The van der Waals surface area contributed by atoms with Crippen LogP contribution in [0.5, 0.6) is 5.75 Å². The number of benzene rings is 1. The molecule has 1 aliphatic heterocycles. The van der Waals surface area contributed by atoms with Gasteiger partial charge in [0.15, 0.2) is 5.96 Å². The third-order valence-corrected chi connectivity index (χ3v) is 6.86. The van der Waals surface area contributed by atoms with E-state index in [9.17, 15) is 4.79 Å². The van der Waals surface area contributed by atoms with Crippen molar-refractivity contribution in [1.29, 1.82) is 0 Å². The second-order valence-electron chi connectivity index (χ2n) is 9.08. The van der Waals surface area contributed by atoms with E-state index in [1.807, 2.05) is 6.07 Å². The number of hydrogen-bond acceptors (Lipinski definition) is 3. The highest BCUT2D eigenvalue weighted by Crippen LogP contribution is 2.46. The molecule has 1 atom stereocenters. The molecule has 1 unspecified atom stereocenters. The van der Waals surface area contributed by atoms with Gasteiger partial charge in [0.2, 0.25) is 5.91 Å². The van der Waals surface area contributed by atoms with Gasteiger partial charge in [-0.2, -0.15) is 0 Å². The Morgan fingerprint density at radius 2 is 1.84 bits per heavy atom. The molecule has 1 amide bonds. The molecule has 1 spiro atoms. The first kappa shape index (κ1) is 24.1. The summed E-state index contributed by atoms with van der Waals surface area (Å²) < 4.78 is 6.46. The number of halogens is 1. The van der Waals surface area contributed by atoms with Crippen LogP contribution in [-0.4, -0.2) is 37.1 Å². The summed E-state index contributed by atoms with van der Waals surface area (Å²) in [5.74, 6) is 1.87. The minimum absolute atomic E-state index is 0. The van der Waals surface area contributed by atoms with Crippen molar-refractivity contribution in [2.75, 3.05) is 13.6 Å². The third-order valence-electron chi connectivity index (χ3n) is 6.86. The van der Waals surface area contributed by atoms with E-state index >= 15 is 0 Å². The second-order valence-corrected chi connectivity index (χ2v) is 9.08. The normalized spacial score (nSPS) is 22.7. The summed E-state index contributed by atoms with van der Waals surface area (Å²) in [5, 5.41) is 10.1. The van der Waals surface area contributed by atoms with Gasteiger partial charge >= 0.3 is 0 Å². The van der Waals surface area contributed by atoms with Gasteiger partial charge in [-0.1, -0.05) is 37.5 Å². The summed E-state index contributed by atoms with van der Waals surface area (Å²) in [6, 6.07) is 8.85. The van der Waals surface area contributed by atoms with E-state index in [0.717, 1.165) is 43.8 Å². The van der Waals surface area contributed by atoms with E-state index in [4.69, 9.17) is 4.74 Å². The van der Waals surface area contributed by atoms with Crippen LogP contribution in [-0.2, 0) is 4.79 Å². The average molecular weight is 540 g/mol. The maximum absolute atomic E-state index is 12.3. The number of para-hydroxylation sites is 1. The lowest BCUT2D eigenvalue weighted by molar-refractivity contribution is -0.121. The smallest absolute Gasteiger partial charge is 0.221 e. The van der Waals surface area contributed by atoms with Gasteiger partial charge in [-0.25, -0.2) is 0 Å². The predicted molar refractivity (Wildman–Crippen MR) is 135 cm³/mol. The highest BCUT2D eigenvalue weighted by molar-refractivity contribution is 14.0. The van der Waals surface area contributed by atoms with Crippen LogP contribution in [0.2, 0.25) is 0 Å². The molecule has 0 saturated heterocycles. The number of amides is 1. The zero-order valence-electron chi connectivity index (χ0n) is 18.6. The number of aliphatic imine (C=N–C) groups is 1. The van der Waals surface area contributed by atoms with Gasteiger partial charge in [0.05, 0.1) is 6.04 Å². The van der Waals surface area contributed by atoms with Crippen LogP contribution in [0.1, 0.15) is 82.2 Å². The first-order valence-electron chi connectivity index (χ1n) is 11.7. The Hall–Kier alpha value is -1.51. The molecule has 3 N–H and O–H groups in total. The van der Waals surface area contributed by atoms with Gasteiger partial charge in [0.25, 0.3) is 0 Å². The highest BCUT2D eigenvalue weighted by Gasteiger charge is 2.43. The van der Waals surface area contributed by atoms with E-state index in [-0.39, 0.29) is 41.5 Å². The molecule has 1 heterocycles. The summed E-state index contributed by atoms with van der Waals surface area (Å²) in [5.41, 5.74) is 1.14.